The zero-order valence-electron chi connectivity index (χ0n) is 7.03. The molecular formula is C7H11N3O2S. The molecule has 13 heavy (non-hydrogen) atoms. The van der Waals surface area contributed by atoms with Crippen LogP contribution in [0.25, 0.3) is 0 Å². The molecule has 5 nitrogen and oxygen atoms in total. The fraction of sp³-hybridized carbons (Fsp3) is 0.571. The predicted molar refractivity (Wildman–Crippen MR) is 47.4 cm³/mol. The van der Waals surface area contributed by atoms with Gasteiger partial charge < -0.3 is 0 Å². The second kappa shape index (κ2) is 3.12. The molecule has 1 fully saturated rings. The van der Waals surface area contributed by atoms with Gasteiger partial charge in [0.2, 0.25) is 10.0 Å². The van der Waals surface area contributed by atoms with Crippen LogP contribution in [0.5, 0.6) is 0 Å². The summed E-state index contributed by atoms with van der Waals surface area (Å²) < 4.78 is 25.2. The molecule has 2 rings (SSSR count). The average molecular weight is 201 g/mol. The van der Waals surface area contributed by atoms with E-state index in [-0.39, 0.29) is 5.25 Å². The van der Waals surface area contributed by atoms with Gasteiger partial charge in [-0.25, -0.2) is 13.1 Å². The maximum atomic E-state index is 11.3. The van der Waals surface area contributed by atoms with Gasteiger partial charge in [0.25, 0.3) is 0 Å². The van der Waals surface area contributed by atoms with Crippen molar-refractivity contribution >= 4 is 10.0 Å². The van der Waals surface area contributed by atoms with Crippen LogP contribution >= 0.6 is 0 Å². The van der Waals surface area contributed by atoms with Gasteiger partial charge in [-0.15, -0.1) is 0 Å². The third-order valence-electron chi connectivity index (χ3n) is 1.99. The first kappa shape index (κ1) is 8.71. The van der Waals surface area contributed by atoms with E-state index in [1.165, 1.54) is 0 Å². The molecule has 6 heteroatoms. The van der Waals surface area contributed by atoms with E-state index in [0.29, 0.717) is 6.54 Å². The Morgan fingerprint density at radius 1 is 1.62 bits per heavy atom. The van der Waals surface area contributed by atoms with Gasteiger partial charge in [0.1, 0.15) is 0 Å². The molecule has 0 unspecified atom stereocenters. The maximum absolute atomic E-state index is 11.3. The number of sulfonamides is 1. The lowest BCUT2D eigenvalue weighted by atomic mass is 10.4. The maximum Gasteiger partial charge on any atom is 0.214 e. The highest BCUT2D eigenvalue weighted by Gasteiger charge is 2.35. The lowest BCUT2D eigenvalue weighted by Crippen LogP contribution is -2.26. The zero-order chi connectivity index (χ0) is 9.31. The van der Waals surface area contributed by atoms with Gasteiger partial charge >= 0.3 is 0 Å². The molecule has 1 heterocycles. The minimum atomic E-state index is -3.06. The van der Waals surface area contributed by atoms with Gasteiger partial charge in [-0.3, -0.25) is 5.10 Å². The summed E-state index contributed by atoms with van der Waals surface area (Å²) in [6.45, 7) is 0.304. The van der Waals surface area contributed by atoms with Crippen molar-refractivity contribution in [2.45, 2.75) is 24.6 Å². The summed E-state index contributed by atoms with van der Waals surface area (Å²) in [6.07, 6.45) is 3.18. The molecule has 0 amide bonds. The van der Waals surface area contributed by atoms with Gasteiger partial charge in [0.15, 0.2) is 0 Å². The van der Waals surface area contributed by atoms with Crippen molar-refractivity contribution in [1.82, 2.24) is 14.9 Å². The fourth-order valence-electron chi connectivity index (χ4n) is 1.06. The van der Waals surface area contributed by atoms with E-state index in [1.807, 2.05) is 0 Å². The first-order chi connectivity index (χ1) is 6.18. The highest BCUT2D eigenvalue weighted by molar-refractivity contribution is 7.90. The van der Waals surface area contributed by atoms with Crippen LogP contribution < -0.4 is 4.72 Å². The van der Waals surface area contributed by atoms with Crippen LogP contribution in [0.2, 0.25) is 0 Å². The van der Waals surface area contributed by atoms with Crippen LogP contribution in [-0.4, -0.2) is 23.9 Å². The fourth-order valence-corrected chi connectivity index (χ4v) is 2.41. The highest BCUT2D eigenvalue weighted by atomic mass is 32.2. The SMILES string of the molecule is O=S(=O)(NCc1ccn[nH]1)C1CC1. The van der Waals surface area contributed by atoms with Gasteiger partial charge in [-0.2, -0.15) is 5.10 Å². The van der Waals surface area contributed by atoms with Crippen LogP contribution in [-0.2, 0) is 16.6 Å². The number of nitrogens with zero attached hydrogens (tertiary/aromatic N) is 1. The van der Waals surface area contributed by atoms with Gasteiger partial charge in [0, 0.05) is 6.20 Å². The molecular weight excluding hydrogens is 190 g/mol. The molecule has 1 aliphatic rings. The summed E-state index contributed by atoms with van der Waals surface area (Å²) in [5, 5.41) is 6.26. The molecule has 1 aromatic heterocycles. The molecule has 0 spiro atoms. The van der Waals surface area contributed by atoms with E-state index in [2.05, 4.69) is 14.9 Å². The standard InChI is InChI=1S/C7H11N3O2S/c11-13(12,7-1-2-7)9-5-6-3-4-8-10-6/h3-4,7,9H,1-2,5H2,(H,8,10). The summed E-state index contributed by atoms with van der Waals surface area (Å²) in [6, 6.07) is 1.75. The first-order valence-electron chi connectivity index (χ1n) is 4.15. The zero-order valence-corrected chi connectivity index (χ0v) is 7.84. The summed E-state index contributed by atoms with van der Waals surface area (Å²) in [7, 11) is -3.06. The predicted octanol–water partition coefficient (Wildman–Crippen LogP) is -0.00850. The second-order valence-corrected chi connectivity index (χ2v) is 5.19. The molecule has 72 valence electrons. The van der Waals surface area contributed by atoms with Crippen molar-refractivity contribution in [3.05, 3.63) is 18.0 Å². The van der Waals surface area contributed by atoms with Crippen molar-refractivity contribution in [2.75, 3.05) is 0 Å². The summed E-state index contributed by atoms with van der Waals surface area (Å²) in [5.41, 5.74) is 0.782. The van der Waals surface area contributed by atoms with Crippen LogP contribution in [0.3, 0.4) is 0 Å². The Hall–Kier alpha value is -0.880. The number of rotatable bonds is 4. The molecule has 0 saturated heterocycles. The van der Waals surface area contributed by atoms with Gasteiger partial charge in [-0.1, -0.05) is 0 Å². The van der Waals surface area contributed by atoms with Crippen molar-refractivity contribution in [2.24, 2.45) is 0 Å². The second-order valence-electron chi connectivity index (χ2n) is 3.15. The van der Waals surface area contributed by atoms with Crippen LogP contribution in [0.1, 0.15) is 18.5 Å². The number of nitrogens with one attached hydrogen (secondary N) is 2. The lowest BCUT2D eigenvalue weighted by Gasteiger charge is -2.02. The molecule has 1 aliphatic carbocycles. The Morgan fingerprint density at radius 3 is 2.92 bits per heavy atom. The van der Waals surface area contributed by atoms with E-state index in [4.69, 9.17) is 0 Å². The summed E-state index contributed by atoms with van der Waals surface area (Å²) in [5.74, 6) is 0. The molecule has 2 N–H and O–H groups in total. The molecule has 0 aliphatic heterocycles. The third-order valence-corrected chi connectivity index (χ3v) is 3.88. The number of aromatic nitrogens is 2. The highest BCUT2D eigenvalue weighted by Crippen LogP contribution is 2.27. The molecule has 0 aromatic carbocycles. The van der Waals surface area contributed by atoms with E-state index in [1.54, 1.807) is 12.3 Å². The topological polar surface area (TPSA) is 74.8 Å². The number of hydrogen-bond donors (Lipinski definition) is 2. The number of hydrogen-bond acceptors (Lipinski definition) is 3. The Bertz CT molecular complexity index is 366. The van der Waals surface area contributed by atoms with Crippen molar-refractivity contribution in [3.63, 3.8) is 0 Å². The smallest absolute Gasteiger partial charge is 0.214 e. The largest absolute Gasteiger partial charge is 0.281 e. The lowest BCUT2D eigenvalue weighted by molar-refractivity contribution is 0.579. The van der Waals surface area contributed by atoms with Crippen LogP contribution in [0.15, 0.2) is 12.3 Å². The molecule has 0 atom stereocenters. The molecule has 1 aromatic rings. The molecule has 0 bridgehead atoms. The molecule has 1 saturated carbocycles. The van der Waals surface area contributed by atoms with E-state index in [9.17, 15) is 8.42 Å². The Morgan fingerprint density at radius 2 is 2.38 bits per heavy atom. The minimum absolute atomic E-state index is 0.157. The quantitative estimate of drug-likeness (QED) is 0.719. The summed E-state index contributed by atoms with van der Waals surface area (Å²) >= 11 is 0. The Kier molecular flexibility index (Phi) is 2.09. The van der Waals surface area contributed by atoms with Crippen LogP contribution in [0, 0.1) is 0 Å². The minimum Gasteiger partial charge on any atom is -0.281 e. The third kappa shape index (κ3) is 2.07. The normalized spacial score (nSPS) is 17.5. The average Bonchev–Trinajstić information content (AvgIpc) is 2.82. The Labute approximate surface area is 76.6 Å². The van der Waals surface area contributed by atoms with Crippen molar-refractivity contribution in [1.29, 1.82) is 0 Å². The van der Waals surface area contributed by atoms with E-state index < -0.39 is 10.0 Å². The number of H-pyrrole nitrogens is 1. The van der Waals surface area contributed by atoms with Crippen molar-refractivity contribution in [3.8, 4) is 0 Å². The summed E-state index contributed by atoms with van der Waals surface area (Å²) in [4.78, 5) is 0. The first-order valence-corrected chi connectivity index (χ1v) is 5.70. The van der Waals surface area contributed by atoms with Crippen LogP contribution in [0.4, 0.5) is 0 Å². The Balaban J connectivity index is 1.92. The van der Waals surface area contributed by atoms with Gasteiger partial charge in [0.05, 0.1) is 17.5 Å². The van der Waals surface area contributed by atoms with E-state index in [0.717, 1.165) is 18.5 Å². The van der Waals surface area contributed by atoms with Gasteiger partial charge in [-0.05, 0) is 18.9 Å². The molecule has 0 radical (unpaired) electrons. The van der Waals surface area contributed by atoms with E-state index >= 15 is 0 Å². The number of aromatic amines is 1. The monoisotopic (exact) mass is 201 g/mol. The van der Waals surface area contributed by atoms with Crippen molar-refractivity contribution < 1.29 is 8.42 Å².